The Labute approximate surface area is 129 Å². The molecule has 0 unspecified atom stereocenters. The SMILES string of the molecule is O=[N+]([O-])c1ccc(Oc2cccc(F)c2)c(C(F)(F)F)c1Br. The van der Waals surface area contributed by atoms with Gasteiger partial charge in [-0.05, 0) is 34.1 Å². The fraction of sp³-hybridized carbons (Fsp3) is 0.0769. The molecule has 22 heavy (non-hydrogen) atoms. The van der Waals surface area contributed by atoms with Gasteiger partial charge in [0.05, 0.1) is 4.92 Å². The molecular formula is C13H6BrF4NO3. The second-order valence-corrected chi connectivity index (χ2v) is 4.88. The Morgan fingerprint density at radius 2 is 1.86 bits per heavy atom. The summed E-state index contributed by atoms with van der Waals surface area (Å²) in [5.74, 6) is -1.52. The van der Waals surface area contributed by atoms with Crippen molar-refractivity contribution < 1.29 is 27.2 Å². The summed E-state index contributed by atoms with van der Waals surface area (Å²) in [5, 5.41) is 10.7. The van der Waals surface area contributed by atoms with Crippen LogP contribution in [0.25, 0.3) is 0 Å². The average Bonchev–Trinajstić information content (AvgIpc) is 2.36. The molecule has 0 spiro atoms. The lowest BCUT2D eigenvalue weighted by atomic mass is 10.1. The Balaban J connectivity index is 2.56. The number of rotatable bonds is 3. The van der Waals surface area contributed by atoms with Gasteiger partial charge in [-0.3, -0.25) is 10.1 Å². The third kappa shape index (κ3) is 3.35. The van der Waals surface area contributed by atoms with Gasteiger partial charge in [0.2, 0.25) is 0 Å². The van der Waals surface area contributed by atoms with Crippen LogP contribution >= 0.6 is 15.9 Å². The molecule has 2 aromatic rings. The summed E-state index contributed by atoms with van der Waals surface area (Å²) in [4.78, 5) is 9.78. The largest absolute Gasteiger partial charge is 0.457 e. The topological polar surface area (TPSA) is 52.4 Å². The molecule has 0 bridgehead atoms. The lowest BCUT2D eigenvalue weighted by Crippen LogP contribution is -2.09. The van der Waals surface area contributed by atoms with Gasteiger partial charge in [-0.25, -0.2) is 4.39 Å². The van der Waals surface area contributed by atoms with E-state index in [-0.39, 0.29) is 5.75 Å². The molecule has 9 heteroatoms. The summed E-state index contributed by atoms with van der Waals surface area (Å²) in [6.07, 6.45) is -4.90. The zero-order chi connectivity index (χ0) is 16.5. The maximum Gasteiger partial charge on any atom is 0.421 e. The van der Waals surface area contributed by atoms with E-state index in [1.807, 2.05) is 0 Å². The van der Waals surface area contributed by atoms with Crippen molar-refractivity contribution >= 4 is 21.6 Å². The van der Waals surface area contributed by atoms with E-state index in [0.717, 1.165) is 24.3 Å². The smallest absolute Gasteiger partial charge is 0.421 e. The fourth-order valence-corrected chi connectivity index (χ4v) is 2.39. The highest BCUT2D eigenvalue weighted by molar-refractivity contribution is 9.10. The Kier molecular flexibility index (Phi) is 4.36. The molecule has 0 fully saturated rings. The van der Waals surface area contributed by atoms with E-state index in [0.29, 0.717) is 0 Å². The first kappa shape index (κ1) is 16.2. The predicted octanol–water partition coefficient (Wildman–Crippen LogP) is 5.31. The molecule has 0 aromatic heterocycles. The Bertz CT molecular complexity index is 734. The highest BCUT2D eigenvalue weighted by Gasteiger charge is 2.40. The van der Waals surface area contributed by atoms with Crippen LogP contribution in [0.4, 0.5) is 23.2 Å². The summed E-state index contributed by atoms with van der Waals surface area (Å²) < 4.78 is 56.7. The van der Waals surface area contributed by atoms with E-state index in [1.165, 1.54) is 12.1 Å². The van der Waals surface area contributed by atoms with Crippen molar-refractivity contribution in [3.8, 4) is 11.5 Å². The molecule has 4 nitrogen and oxygen atoms in total. The van der Waals surface area contributed by atoms with Crippen LogP contribution in [0.15, 0.2) is 40.9 Å². The van der Waals surface area contributed by atoms with Gasteiger partial charge < -0.3 is 4.74 Å². The normalized spacial score (nSPS) is 11.3. The average molecular weight is 380 g/mol. The molecule has 0 radical (unpaired) electrons. The molecule has 0 saturated carbocycles. The summed E-state index contributed by atoms with van der Waals surface area (Å²) in [6.45, 7) is 0. The second-order valence-electron chi connectivity index (χ2n) is 4.09. The first-order valence-corrected chi connectivity index (χ1v) is 6.47. The number of halogens is 5. The van der Waals surface area contributed by atoms with Gasteiger partial charge in [-0.15, -0.1) is 0 Å². The number of nitro benzene ring substituents is 1. The molecule has 0 aliphatic rings. The van der Waals surface area contributed by atoms with Gasteiger partial charge in [-0.2, -0.15) is 13.2 Å². The third-order valence-corrected chi connectivity index (χ3v) is 3.39. The van der Waals surface area contributed by atoms with Gasteiger partial charge in [-0.1, -0.05) is 6.07 Å². The van der Waals surface area contributed by atoms with Crippen molar-refractivity contribution in [3.05, 3.63) is 62.4 Å². The number of ether oxygens (including phenoxy) is 1. The van der Waals surface area contributed by atoms with Crippen LogP contribution in [0.1, 0.15) is 5.56 Å². The minimum absolute atomic E-state index is 0.161. The summed E-state index contributed by atoms with van der Waals surface area (Å²) in [7, 11) is 0. The van der Waals surface area contributed by atoms with Crippen LogP contribution in [0, 0.1) is 15.9 Å². The molecule has 0 saturated heterocycles. The van der Waals surface area contributed by atoms with Crippen LogP contribution in [0.2, 0.25) is 0 Å². The first-order valence-electron chi connectivity index (χ1n) is 5.67. The molecule has 0 heterocycles. The standard InChI is InChI=1S/C13H6BrF4NO3/c14-12-9(19(20)21)4-5-10(11(12)13(16,17)18)22-8-3-1-2-7(15)6-8/h1-6H. The van der Waals surface area contributed by atoms with Crippen molar-refractivity contribution in [2.45, 2.75) is 6.18 Å². The summed E-state index contributed by atoms with van der Waals surface area (Å²) >= 11 is 2.58. The van der Waals surface area contributed by atoms with Gasteiger partial charge in [0, 0.05) is 12.1 Å². The third-order valence-electron chi connectivity index (χ3n) is 2.59. The van der Waals surface area contributed by atoms with E-state index >= 15 is 0 Å². The van der Waals surface area contributed by atoms with Crippen molar-refractivity contribution in [1.29, 1.82) is 0 Å². The Morgan fingerprint density at radius 3 is 2.41 bits per heavy atom. The van der Waals surface area contributed by atoms with Gasteiger partial charge >= 0.3 is 6.18 Å². The van der Waals surface area contributed by atoms with E-state index in [2.05, 4.69) is 15.9 Å². The van der Waals surface area contributed by atoms with Crippen molar-refractivity contribution in [3.63, 3.8) is 0 Å². The molecule has 2 rings (SSSR count). The molecule has 0 aliphatic heterocycles. The molecular weight excluding hydrogens is 374 g/mol. The molecule has 0 aliphatic carbocycles. The molecule has 2 aromatic carbocycles. The zero-order valence-corrected chi connectivity index (χ0v) is 12.1. The minimum Gasteiger partial charge on any atom is -0.457 e. The Hall–Kier alpha value is -2.16. The maximum absolute atomic E-state index is 13.1. The molecule has 0 atom stereocenters. The lowest BCUT2D eigenvalue weighted by Gasteiger charge is -2.15. The quantitative estimate of drug-likeness (QED) is 0.412. The van der Waals surface area contributed by atoms with Gasteiger partial charge in [0.1, 0.15) is 27.4 Å². The monoisotopic (exact) mass is 379 g/mol. The lowest BCUT2D eigenvalue weighted by molar-refractivity contribution is -0.386. The fourth-order valence-electron chi connectivity index (χ4n) is 1.70. The van der Waals surface area contributed by atoms with E-state index in [9.17, 15) is 27.7 Å². The minimum atomic E-state index is -4.90. The predicted molar refractivity (Wildman–Crippen MR) is 72.3 cm³/mol. The van der Waals surface area contributed by atoms with E-state index in [4.69, 9.17) is 4.74 Å². The zero-order valence-electron chi connectivity index (χ0n) is 10.5. The number of hydrogen-bond acceptors (Lipinski definition) is 3. The highest BCUT2D eigenvalue weighted by Crippen LogP contribution is 2.46. The second kappa shape index (κ2) is 5.91. The number of hydrogen-bond donors (Lipinski definition) is 0. The van der Waals surface area contributed by atoms with Crippen LogP contribution in [-0.4, -0.2) is 4.92 Å². The van der Waals surface area contributed by atoms with Crippen molar-refractivity contribution in [1.82, 2.24) is 0 Å². The van der Waals surface area contributed by atoms with Crippen LogP contribution in [-0.2, 0) is 6.18 Å². The van der Waals surface area contributed by atoms with E-state index < -0.39 is 38.4 Å². The van der Waals surface area contributed by atoms with Crippen LogP contribution in [0.5, 0.6) is 11.5 Å². The first-order chi connectivity index (χ1) is 10.2. The number of nitrogens with zero attached hydrogens (tertiary/aromatic N) is 1. The van der Waals surface area contributed by atoms with E-state index in [1.54, 1.807) is 0 Å². The van der Waals surface area contributed by atoms with Crippen molar-refractivity contribution in [2.24, 2.45) is 0 Å². The molecule has 0 N–H and O–H groups in total. The van der Waals surface area contributed by atoms with Crippen molar-refractivity contribution in [2.75, 3.05) is 0 Å². The summed E-state index contributed by atoms with van der Waals surface area (Å²) in [5.41, 5.74) is -2.09. The molecule has 0 amide bonds. The molecule has 116 valence electrons. The summed E-state index contributed by atoms with van der Waals surface area (Å²) in [6, 6.07) is 6.21. The van der Waals surface area contributed by atoms with Crippen LogP contribution < -0.4 is 4.74 Å². The Morgan fingerprint density at radius 1 is 1.18 bits per heavy atom. The van der Waals surface area contributed by atoms with Gasteiger partial charge in [0.25, 0.3) is 5.69 Å². The van der Waals surface area contributed by atoms with Crippen LogP contribution in [0.3, 0.4) is 0 Å². The number of alkyl halides is 3. The highest BCUT2D eigenvalue weighted by atomic mass is 79.9. The maximum atomic E-state index is 13.1. The van der Waals surface area contributed by atoms with Gasteiger partial charge in [0.15, 0.2) is 0 Å². The number of nitro groups is 1. The number of benzene rings is 2.